The Labute approximate surface area is 124 Å². The Morgan fingerprint density at radius 1 is 1.11 bits per heavy atom. The molecule has 0 atom stereocenters. The maximum absolute atomic E-state index is 6.01. The van der Waals surface area contributed by atoms with Crippen molar-refractivity contribution in [2.45, 2.75) is 4.90 Å². The third-order valence-electron chi connectivity index (χ3n) is 2.13. The van der Waals surface area contributed by atoms with E-state index in [9.17, 15) is 0 Å². The molecule has 1 heterocycles. The van der Waals surface area contributed by atoms with Gasteiger partial charge in [0.2, 0.25) is 5.88 Å². The monoisotopic (exact) mass is 319 g/mol. The molecule has 2 nitrogen and oxygen atoms in total. The number of nitrogens with zero attached hydrogens (tertiary/aromatic N) is 1. The van der Waals surface area contributed by atoms with Gasteiger partial charge in [-0.05, 0) is 24.5 Å². The van der Waals surface area contributed by atoms with Gasteiger partial charge >= 0.3 is 0 Å². The van der Waals surface area contributed by atoms with Crippen molar-refractivity contribution in [1.82, 2.24) is 4.98 Å². The number of rotatable bonds is 3. The fraction of sp³-hybridized carbons (Fsp3) is 0.0833. The highest BCUT2D eigenvalue weighted by atomic mass is 35.5. The number of aromatic nitrogens is 1. The normalized spacial score (nSPS) is 10.4. The van der Waals surface area contributed by atoms with Gasteiger partial charge in [-0.25, -0.2) is 0 Å². The van der Waals surface area contributed by atoms with Crippen LogP contribution in [0.4, 0.5) is 0 Å². The van der Waals surface area contributed by atoms with E-state index in [-0.39, 0.29) is 11.0 Å². The number of hydrogen-bond donors (Lipinski definition) is 0. The van der Waals surface area contributed by atoms with Gasteiger partial charge in [-0.15, -0.1) is 11.8 Å². The number of para-hydroxylation sites is 1. The molecule has 0 amide bonds. The van der Waals surface area contributed by atoms with Gasteiger partial charge in [-0.1, -0.05) is 46.9 Å². The number of thioether (sulfide) groups is 1. The summed E-state index contributed by atoms with van der Waals surface area (Å²) in [5.41, 5.74) is 0. The van der Waals surface area contributed by atoms with Crippen LogP contribution in [0, 0.1) is 0 Å². The van der Waals surface area contributed by atoms with Crippen molar-refractivity contribution in [3.63, 3.8) is 0 Å². The van der Waals surface area contributed by atoms with Gasteiger partial charge < -0.3 is 4.74 Å². The highest BCUT2D eigenvalue weighted by Crippen LogP contribution is 2.36. The van der Waals surface area contributed by atoms with Crippen molar-refractivity contribution in [2.24, 2.45) is 0 Å². The predicted molar refractivity (Wildman–Crippen MR) is 77.6 cm³/mol. The molecule has 0 bridgehead atoms. The number of ether oxygens (including phenoxy) is 1. The summed E-state index contributed by atoms with van der Waals surface area (Å²) in [7, 11) is 0. The molecule has 0 radical (unpaired) electrons. The van der Waals surface area contributed by atoms with Crippen LogP contribution in [0.3, 0.4) is 0 Å². The molecule has 2 rings (SSSR count). The summed E-state index contributed by atoms with van der Waals surface area (Å²) in [6.45, 7) is 0. The first-order valence-electron chi connectivity index (χ1n) is 4.94. The number of pyridine rings is 1. The lowest BCUT2D eigenvalue weighted by Gasteiger charge is -2.10. The van der Waals surface area contributed by atoms with E-state index in [0.29, 0.717) is 15.8 Å². The lowest BCUT2D eigenvalue weighted by atomic mass is 10.3. The fourth-order valence-electron chi connectivity index (χ4n) is 1.31. The molecule has 1 aromatic carbocycles. The Bertz CT molecular complexity index is 577. The van der Waals surface area contributed by atoms with Crippen molar-refractivity contribution in [3.8, 4) is 11.6 Å². The van der Waals surface area contributed by atoms with E-state index < -0.39 is 0 Å². The molecule has 94 valence electrons. The first kappa shape index (κ1) is 13.8. The van der Waals surface area contributed by atoms with Gasteiger partial charge in [-0.2, -0.15) is 4.98 Å². The molecule has 18 heavy (non-hydrogen) atoms. The van der Waals surface area contributed by atoms with Crippen molar-refractivity contribution in [3.05, 3.63) is 45.5 Å². The van der Waals surface area contributed by atoms with E-state index in [0.717, 1.165) is 4.90 Å². The third-order valence-corrected chi connectivity index (χ3v) is 3.85. The summed E-state index contributed by atoms with van der Waals surface area (Å²) in [4.78, 5) is 5.00. The van der Waals surface area contributed by atoms with Crippen LogP contribution >= 0.6 is 46.6 Å². The molecule has 6 heteroatoms. The molecule has 0 fully saturated rings. The predicted octanol–water partition coefficient (Wildman–Crippen LogP) is 5.56. The average Bonchev–Trinajstić information content (AvgIpc) is 2.36. The Morgan fingerprint density at radius 3 is 2.56 bits per heavy atom. The first-order valence-corrected chi connectivity index (χ1v) is 7.30. The van der Waals surface area contributed by atoms with E-state index >= 15 is 0 Å². The number of hydrogen-bond acceptors (Lipinski definition) is 3. The summed E-state index contributed by atoms with van der Waals surface area (Å²) < 4.78 is 5.66. The minimum Gasteiger partial charge on any atom is -0.436 e. The second kappa shape index (κ2) is 6.02. The van der Waals surface area contributed by atoms with Gasteiger partial charge in [0.05, 0.1) is 5.02 Å². The second-order valence-corrected chi connectivity index (χ2v) is 5.32. The van der Waals surface area contributed by atoms with Gasteiger partial charge in [0.25, 0.3) is 0 Å². The molecular weight excluding hydrogens is 313 g/mol. The minimum absolute atomic E-state index is 0.165. The zero-order valence-corrected chi connectivity index (χ0v) is 12.4. The smallest absolute Gasteiger partial charge is 0.239 e. The Balaban J connectivity index is 2.37. The topological polar surface area (TPSA) is 22.1 Å². The lowest BCUT2D eigenvalue weighted by molar-refractivity contribution is 0.452. The van der Waals surface area contributed by atoms with Crippen LogP contribution in [0.15, 0.2) is 35.2 Å². The molecule has 0 spiro atoms. The van der Waals surface area contributed by atoms with E-state index in [1.165, 1.54) is 6.07 Å². The van der Waals surface area contributed by atoms with Crippen LogP contribution < -0.4 is 4.74 Å². The highest BCUT2D eigenvalue weighted by molar-refractivity contribution is 7.98. The molecule has 0 aliphatic carbocycles. The Hall–Kier alpha value is -0.610. The van der Waals surface area contributed by atoms with Crippen molar-refractivity contribution >= 4 is 46.6 Å². The van der Waals surface area contributed by atoms with Crippen LogP contribution in [-0.4, -0.2) is 11.2 Å². The van der Waals surface area contributed by atoms with Crippen molar-refractivity contribution < 1.29 is 4.74 Å². The van der Waals surface area contributed by atoms with E-state index in [2.05, 4.69) is 4.98 Å². The van der Waals surface area contributed by atoms with E-state index in [1.807, 2.05) is 30.5 Å². The second-order valence-electron chi connectivity index (χ2n) is 3.30. The van der Waals surface area contributed by atoms with E-state index in [4.69, 9.17) is 39.5 Å². The molecule has 0 aliphatic rings. The minimum atomic E-state index is 0.165. The maximum atomic E-state index is 6.01. The molecule has 0 aliphatic heterocycles. The van der Waals surface area contributed by atoms with Crippen LogP contribution in [0.1, 0.15) is 0 Å². The summed E-state index contributed by atoms with van der Waals surface area (Å²) in [6.07, 6.45) is 1.96. The van der Waals surface area contributed by atoms with Crippen molar-refractivity contribution in [1.29, 1.82) is 0 Å². The van der Waals surface area contributed by atoms with Gasteiger partial charge in [0.1, 0.15) is 10.8 Å². The third kappa shape index (κ3) is 3.04. The van der Waals surface area contributed by atoms with E-state index in [1.54, 1.807) is 11.8 Å². The Morgan fingerprint density at radius 2 is 1.83 bits per heavy atom. The summed E-state index contributed by atoms with van der Waals surface area (Å²) in [5.74, 6) is 0.922. The molecule has 0 saturated heterocycles. The quantitative estimate of drug-likeness (QED) is 0.546. The van der Waals surface area contributed by atoms with Gasteiger partial charge in [0.15, 0.2) is 5.15 Å². The fourth-order valence-corrected chi connectivity index (χ4v) is 2.36. The standard InChI is InChI=1S/C12H8Cl3NOS/c1-18-10-5-3-2-4-9(10)17-12-8(14)6-7(13)11(15)16-12/h2-6H,1H3. The lowest BCUT2D eigenvalue weighted by Crippen LogP contribution is -1.91. The van der Waals surface area contributed by atoms with Gasteiger partial charge in [-0.3, -0.25) is 0 Å². The summed E-state index contributed by atoms with van der Waals surface area (Å²) in [5, 5.41) is 0.783. The van der Waals surface area contributed by atoms with Crippen LogP contribution in [0.2, 0.25) is 15.2 Å². The number of halogens is 3. The SMILES string of the molecule is CSc1ccccc1Oc1nc(Cl)c(Cl)cc1Cl. The molecule has 1 aromatic heterocycles. The first-order chi connectivity index (χ1) is 8.61. The molecule has 2 aromatic rings. The molecular formula is C12H8Cl3NOS. The van der Waals surface area contributed by atoms with Crippen molar-refractivity contribution in [2.75, 3.05) is 6.26 Å². The van der Waals surface area contributed by atoms with Crippen LogP contribution in [0.25, 0.3) is 0 Å². The van der Waals surface area contributed by atoms with Gasteiger partial charge in [0, 0.05) is 4.90 Å². The maximum Gasteiger partial charge on any atom is 0.239 e. The zero-order chi connectivity index (χ0) is 13.1. The zero-order valence-electron chi connectivity index (χ0n) is 9.28. The summed E-state index contributed by atoms with van der Waals surface area (Å²) in [6, 6.07) is 9.11. The summed E-state index contributed by atoms with van der Waals surface area (Å²) >= 11 is 19.2. The highest BCUT2D eigenvalue weighted by Gasteiger charge is 2.11. The number of benzene rings is 1. The van der Waals surface area contributed by atoms with Crippen LogP contribution in [-0.2, 0) is 0 Å². The molecule has 0 N–H and O–H groups in total. The van der Waals surface area contributed by atoms with Crippen LogP contribution in [0.5, 0.6) is 11.6 Å². The largest absolute Gasteiger partial charge is 0.436 e. The molecule has 0 unspecified atom stereocenters. The molecule has 0 saturated carbocycles. The average molecular weight is 321 g/mol. The Kier molecular flexibility index (Phi) is 4.62.